The van der Waals surface area contributed by atoms with E-state index in [1.54, 1.807) is 0 Å². The molecular weight excluding hydrogens is 260 g/mol. The SMILES string of the molecule is CCNC(c1ccc2ncccc2c1)c1cc(C)oc1C. The summed E-state index contributed by atoms with van der Waals surface area (Å²) in [5.74, 6) is 1.93. The van der Waals surface area contributed by atoms with Gasteiger partial charge in [0.15, 0.2) is 0 Å². The smallest absolute Gasteiger partial charge is 0.106 e. The van der Waals surface area contributed by atoms with Crippen molar-refractivity contribution in [3.63, 3.8) is 0 Å². The van der Waals surface area contributed by atoms with Gasteiger partial charge in [-0.05, 0) is 50.2 Å². The number of aryl methyl sites for hydroxylation is 2. The molecule has 0 aliphatic rings. The summed E-state index contributed by atoms with van der Waals surface area (Å²) in [5.41, 5.74) is 3.47. The minimum atomic E-state index is 0.150. The van der Waals surface area contributed by atoms with Crippen LogP contribution in [0.1, 0.15) is 35.6 Å². The lowest BCUT2D eigenvalue weighted by molar-refractivity contribution is 0.495. The van der Waals surface area contributed by atoms with Gasteiger partial charge in [-0.3, -0.25) is 4.98 Å². The van der Waals surface area contributed by atoms with Gasteiger partial charge in [0.25, 0.3) is 0 Å². The van der Waals surface area contributed by atoms with Crippen LogP contribution in [0.25, 0.3) is 10.9 Å². The predicted molar refractivity (Wildman–Crippen MR) is 85.4 cm³/mol. The summed E-state index contributed by atoms with van der Waals surface area (Å²) in [7, 11) is 0. The first-order valence-electron chi connectivity index (χ1n) is 7.34. The van der Waals surface area contributed by atoms with Gasteiger partial charge in [-0.15, -0.1) is 0 Å². The molecule has 0 aliphatic heterocycles. The Labute approximate surface area is 125 Å². The number of furan rings is 1. The van der Waals surface area contributed by atoms with Crippen molar-refractivity contribution < 1.29 is 4.42 Å². The Morgan fingerprint density at radius 3 is 2.76 bits per heavy atom. The fourth-order valence-corrected chi connectivity index (χ4v) is 2.82. The first kappa shape index (κ1) is 13.8. The van der Waals surface area contributed by atoms with E-state index in [1.165, 1.54) is 11.1 Å². The molecule has 21 heavy (non-hydrogen) atoms. The van der Waals surface area contributed by atoms with Gasteiger partial charge >= 0.3 is 0 Å². The van der Waals surface area contributed by atoms with Gasteiger partial charge in [-0.2, -0.15) is 0 Å². The maximum Gasteiger partial charge on any atom is 0.106 e. The Morgan fingerprint density at radius 2 is 2.05 bits per heavy atom. The highest BCUT2D eigenvalue weighted by Crippen LogP contribution is 2.29. The van der Waals surface area contributed by atoms with Crippen LogP contribution in [0.5, 0.6) is 0 Å². The molecule has 3 rings (SSSR count). The molecule has 0 saturated heterocycles. The monoisotopic (exact) mass is 280 g/mol. The topological polar surface area (TPSA) is 38.1 Å². The van der Waals surface area contributed by atoms with Crippen molar-refractivity contribution >= 4 is 10.9 Å². The summed E-state index contributed by atoms with van der Waals surface area (Å²) in [6, 6.07) is 12.8. The lowest BCUT2D eigenvalue weighted by Gasteiger charge is -2.18. The number of pyridine rings is 1. The van der Waals surface area contributed by atoms with Crippen LogP contribution in [-0.4, -0.2) is 11.5 Å². The van der Waals surface area contributed by atoms with Crippen molar-refractivity contribution in [3.05, 3.63) is 65.2 Å². The zero-order valence-corrected chi connectivity index (χ0v) is 12.7. The zero-order chi connectivity index (χ0) is 14.8. The van der Waals surface area contributed by atoms with E-state index in [0.29, 0.717) is 0 Å². The van der Waals surface area contributed by atoms with Gasteiger partial charge in [0, 0.05) is 17.1 Å². The van der Waals surface area contributed by atoms with E-state index in [0.717, 1.165) is 29.0 Å². The van der Waals surface area contributed by atoms with Crippen molar-refractivity contribution in [1.29, 1.82) is 0 Å². The van der Waals surface area contributed by atoms with Crippen molar-refractivity contribution in [3.8, 4) is 0 Å². The molecule has 108 valence electrons. The molecule has 1 unspecified atom stereocenters. The summed E-state index contributed by atoms with van der Waals surface area (Å²) in [5, 5.41) is 4.72. The summed E-state index contributed by atoms with van der Waals surface area (Å²) in [4.78, 5) is 4.38. The number of nitrogens with zero attached hydrogens (tertiary/aromatic N) is 1. The highest BCUT2D eigenvalue weighted by Gasteiger charge is 2.18. The Kier molecular flexibility index (Phi) is 3.76. The van der Waals surface area contributed by atoms with Crippen LogP contribution in [0.4, 0.5) is 0 Å². The van der Waals surface area contributed by atoms with E-state index in [4.69, 9.17) is 4.42 Å². The first-order chi connectivity index (χ1) is 10.2. The molecule has 0 saturated carbocycles. The van der Waals surface area contributed by atoms with Gasteiger partial charge in [-0.1, -0.05) is 19.1 Å². The lowest BCUT2D eigenvalue weighted by atomic mass is 9.97. The van der Waals surface area contributed by atoms with E-state index < -0.39 is 0 Å². The summed E-state index contributed by atoms with van der Waals surface area (Å²) in [6.07, 6.45) is 1.83. The minimum Gasteiger partial charge on any atom is -0.466 e. The van der Waals surface area contributed by atoms with Gasteiger partial charge in [0.2, 0.25) is 0 Å². The van der Waals surface area contributed by atoms with E-state index in [9.17, 15) is 0 Å². The Morgan fingerprint density at radius 1 is 1.19 bits per heavy atom. The van der Waals surface area contributed by atoms with Gasteiger partial charge in [-0.25, -0.2) is 0 Å². The van der Waals surface area contributed by atoms with E-state index in [2.05, 4.69) is 47.6 Å². The van der Waals surface area contributed by atoms with Crippen LogP contribution in [0.3, 0.4) is 0 Å². The molecule has 0 spiro atoms. The summed E-state index contributed by atoms with van der Waals surface area (Å²) < 4.78 is 5.70. The number of fused-ring (bicyclic) bond motifs is 1. The Hall–Kier alpha value is -2.13. The van der Waals surface area contributed by atoms with Crippen LogP contribution < -0.4 is 5.32 Å². The van der Waals surface area contributed by atoms with Gasteiger partial charge in [0.05, 0.1) is 11.6 Å². The normalized spacial score (nSPS) is 12.7. The molecule has 1 atom stereocenters. The first-order valence-corrected chi connectivity index (χ1v) is 7.34. The maximum absolute atomic E-state index is 5.70. The lowest BCUT2D eigenvalue weighted by Crippen LogP contribution is -2.22. The highest BCUT2D eigenvalue weighted by molar-refractivity contribution is 5.79. The number of benzene rings is 1. The molecule has 1 aromatic carbocycles. The molecule has 0 aliphatic carbocycles. The molecule has 1 N–H and O–H groups in total. The van der Waals surface area contributed by atoms with Gasteiger partial charge < -0.3 is 9.73 Å². The fraction of sp³-hybridized carbons (Fsp3) is 0.278. The van der Waals surface area contributed by atoms with Crippen LogP contribution in [0, 0.1) is 13.8 Å². The van der Waals surface area contributed by atoms with Crippen LogP contribution in [-0.2, 0) is 0 Å². The second-order valence-corrected chi connectivity index (χ2v) is 5.31. The molecule has 0 bridgehead atoms. The third-order valence-corrected chi connectivity index (χ3v) is 3.76. The average Bonchev–Trinajstić information content (AvgIpc) is 2.83. The minimum absolute atomic E-state index is 0.150. The number of hydrogen-bond acceptors (Lipinski definition) is 3. The average molecular weight is 280 g/mol. The summed E-state index contributed by atoms with van der Waals surface area (Å²) >= 11 is 0. The molecule has 2 aromatic heterocycles. The Balaban J connectivity index is 2.08. The molecule has 3 aromatic rings. The van der Waals surface area contributed by atoms with E-state index in [-0.39, 0.29) is 6.04 Å². The van der Waals surface area contributed by atoms with Crippen molar-refractivity contribution in [1.82, 2.24) is 10.3 Å². The van der Waals surface area contributed by atoms with Crippen LogP contribution >= 0.6 is 0 Å². The largest absolute Gasteiger partial charge is 0.466 e. The third kappa shape index (κ3) is 2.69. The van der Waals surface area contributed by atoms with E-state index >= 15 is 0 Å². The van der Waals surface area contributed by atoms with Crippen LogP contribution in [0.2, 0.25) is 0 Å². The Bertz CT molecular complexity index is 761. The molecule has 0 radical (unpaired) electrons. The number of hydrogen-bond donors (Lipinski definition) is 1. The second-order valence-electron chi connectivity index (χ2n) is 5.31. The third-order valence-electron chi connectivity index (χ3n) is 3.76. The molecule has 0 fully saturated rings. The number of nitrogens with one attached hydrogen (secondary N) is 1. The number of aromatic nitrogens is 1. The fourth-order valence-electron chi connectivity index (χ4n) is 2.82. The zero-order valence-electron chi connectivity index (χ0n) is 12.7. The maximum atomic E-state index is 5.70. The molecular formula is C18H20N2O. The van der Waals surface area contributed by atoms with Crippen LogP contribution in [0.15, 0.2) is 47.0 Å². The quantitative estimate of drug-likeness (QED) is 0.780. The standard InChI is InChI=1S/C18H20N2O/c1-4-19-18(16-10-12(2)21-13(16)3)15-7-8-17-14(11-15)6-5-9-20-17/h5-11,18-19H,4H2,1-3H3. The molecule has 3 nitrogen and oxygen atoms in total. The molecule has 3 heteroatoms. The predicted octanol–water partition coefficient (Wildman–Crippen LogP) is 4.14. The molecule has 2 heterocycles. The van der Waals surface area contributed by atoms with Gasteiger partial charge in [0.1, 0.15) is 11.5 Å². The highest BCUT2D eigenvalue weighted by atomic mass is 16.3. The summed E-state index contributed by atoms with van der Waals surface area (Å²) in [6.45, 7) is 7.04. The number of rotatable bonds is 4. The van der Waals surface area contributed by atoms with Crippen molar-refractivity contribution in [2.24, 2.45) is 0 Å². The van der Waals surface area contributed by atoms with E-state index in [1.807, 2.05) is 26.1 Å². The second kappa shape index (κ2) is 5.70. The van der Waals surface area contributed by atoms with Crippen molar-refractivity contribution in [2.45, 2.75) is 26.8 Å². The molecule has 0 amide bonds. The van der Waals surface area contributed by atoms with Crippen molar-refractivity contribution in [2.75, 3.05) is 6.54 Å².